The third kappa shape index (κ3) is 3.53. The second kappa shape index (κ2) is 5.73. The van der Waals surface area contributed by atoms with Crippen LogP contribution in [0.25, 0.3) is 0 Å². The van der Waals surface area contributed by atoms with E-state index in [9.17, 15) is 4.79 Å². The Kier molecular flexibility index (Phi) is 4.59. The van der Waals surface area contributed by atoms with Crippen LogP contribution in [0.5, 0.6) is 0 Å². The summed E-state index contributed by atoms with van der Waals surface area (Å²) < 4.78 is 0. The third-order valence-corrected chi connectivity index (χ3v) is 2.43. The highest BCUT2D eigenvalue weighted by Crippen LogP contribution is 2.17. The molecule has 1 rings (SSSR count). The maximum absolute atomic E-state index is 10.9. The molecule has 4 heteroatoms. The molecule has 0 spiro atoms. The zero-order valence-corrected chi connectivity index (χ0v) is 9.47. The fraction of sp³-hybridized carbons (Fsp3) is 0.364. The highest BCUT2D eigenvalue weighted by Gasteiger charge is 2.04. The number of benzene rings is 1. The van der Waals surface area contributed by atoms with Gasteiger partial charge in [0.15, 0.2) is 0 Å². The van der Waals surface area contributed by atoms with Crippen LogP contribution in [0.4, 0.5) is 0 Å². The standard InChI is InChI=1S/C11H15ClN2O/c1-2-5-14-7-9-4-3-8(11(13)15)6-10(9)12/h3-4,6,14H,2,5,7H2,1H3,(H2,13,15). The van der Waals surface area contributed by atoms with Crippen LogP contribution in [-0.4, -0.2) is 12.5 Å². The van der Waals surface area contributed by atoms with Crippen LogP contribution in [0, 0.1) is 0 Å². The van der Waals surface area contributed by atoms with E-state index in [1.54, 1.807) is 12.1 Å². The summed E-state index contributed by atoms with van der Waals surface area (Å²) in [5.74, 6) is -0.454. The summed E-state index contributed by atoms with van der Waals surface area (Å²) in [5.41, 5.74) is 6.57. The molecule has 0 atom stereocenters. The lowest BCUT2D eigenvalue weighted by Crippen LogP contribution is -2.15. The Labute approximate surface area is 94.6 Å². The number of rotatable bonds is 5. The topological polar surface area (TPSA) is 55.1 Å². The summed E-state index contributed by atoms with van der Waals surface area (Å²) in [6.07, 6.45) is 1.08. The Bertz CT molecular complexity index is 352. The Hall–Kier alpha value is -1.06. The molecule has 3 N–H and O–H groups in total. The van der Waals surface area contributed by atoms with Crippen LogP contribution >= 0.6 is 11.6 Å². The molecule has 3 nitrogen and oxygen atoms in total. The van der Waals surface area contributed by atoms with Crippen molar-refractivity contribution in [1.29, 1.82) is 0 Å². The van der Waals surface area contributed by atoms with Crippen molar-refractivity contribution in [2.45, 2.75) is 19.9 Å². The molecule has 82 valence electrons. The number of carbonyl (C=O) groups is 1. The van der Waals surface area contributed by atoms with E-state index in [1.807, 2.05) is 6.07 Å². The van der Waals surface area contributed by atoms with Gasteiger partial charge in [0.1, 0.15) is 0 Å². The molecule has 0 bridgehead atoms. The van der Waals surface area contributed by atoms with E-state index in [1.165, 1.54) is 0 Å². The number of carbonyl (C=O) groups excluding carboxylic acids is 1. The van der Waals surface area contributed by atoms with Gasteiger partial charge in [0, 0.05) is 17.1 Å². The number of hydrogen-bond acceptors (Lipinski definition) is 2. The number of halogens is 1. The van der Waals surface area contributed by atoms with Crippen molar-refractivity contribution in [1.82, 2.24) is 5.32 Å². The van der Waals surface area contributed by atoms with Gasteiger partial charge in [-0.15, -0.1) is 0 Å². The summed E-state index contributed by atoms with van der Waals surface area (Å²) in [4.78, 5) is 10.9. The lowest BCUT2D eigenvalue weighted by molar-refractivity contribution is 0.100. The highest BCUT2D eigenvalue weighted by molar-refractivity contribution is 6.31. The SMILES string of the molecule is CCCNCc1ccc(C(N)=O)cc1Cl. The van der Waals surface area contributed by atoms with Crippen molar-refractivity contribution in [3.63, 3.8) is 0 Å². The van der Waals surface area contributed by atoms with E-state index >= 15 is 0 Å². The fourth-order valence-electron chi connectivity index (χ4n) is 1.24. The first-order chi connectivity index (χ1) is 7.15. The summed E-state index contributed by atoms with van der Waals surface area (Å²) in [6.45, 7) is 3.77. The Morgan fingerprint density at radius 1 is 1.53 bits per heavy atom. The van der Waals surface area contributed by atoms with E-state index < -0.39 is 5.91 Å². The first-order valence-corrected chi connectivity index (χ1v) is 5.32. The van der Waals surface area contributed by atoms with Crippen molar-refractivity contribution in [3.8, 4) is 0 Å². The second-order valence-electron chi connectivity index (χ2n) is 3.35. The second-order valence-corrected chi connectivity index (χ2v) is 3.75. The molecule has 0 radical (unpaired) electrons. The van der Waals surface area contributed by atoms with E-state index in [0.29, 0.717) is 17.1 Å². The van der Waals surface area contributed by atoms with Gasteiger partial charge < -0.3 is 11.1 Å². The number of nitrogens with one attached hydrogen (secondary N) is 1. The van der Waals surface area contributed by atoms with Gasteiger partial charge in [-0.2, -0.15) is 0 Å². The molecule has 1 aromatic rings. The average molecular weight is 227 g/mol. The summed E-state index contributed by atoms with van der Waals surface area (Å²) >= 11 is 6.00. The van der Waals surface area contributed by atoms with Crippen LogP contribution in [0.2, 0.25) is 5.02 Å². The molecule has 0 aliphatic heterocycles. The Balaban J connectivity index is 2.70. The van der Waals surface area contributed by atoms with Crippen LogP contribution in [0.1, 0.15) is 29.3 Å². The van der Waals surface area contributed by atoms with Gasteiger partial charge in [-0.1, -0.05) is 24.6 Å². The molecule has 0 fully saturated rings. The Morgan fingerprint density at radius 3 is 2.80 bits per heavy atom. The quantitative estimate of drug-likeness (QED) is 0.754. The number of nitrogens with two attached hydrogens (primary N) is 1. The van der Waals surface area contributed by atoms with Crippen molar-refractivity contribution < 1.29 is 4.79 Å². The molecule has 0 aliphatic rings. The summed E-state index contributed by atoms with van der Waals surface area (Å²) in [7, 11) is 0. The lowest BCUT2D eigenvalue weighted by Gasteiger charge is -2.06. The van der Waals surface area contributed by atoms with Gasteiger partial charge in [-0.05, 0) is 30.7 Å². The number of hydrogen-bond donors (Lipinski definition) is 2. The van der Waals surface area contributed by atoms with Crippen LogP contribution in [-0.2, 0) is 6.54 Å². The zero-order chi connectivity index (χ0) is 11.3. The third-order valence-electron chi connectivity index (χ3n) is 2.08. The van der Waals surface area contributed by atoms with Crippen LogP contribution < -0.4 is 11.1 Å². The molecule has 1 amide bonds. The minimum absolute atomic E-state index is 0.444. The summed E-state index contributed by atoms with van der Waals surface area (Å²) in [6, 6.07) is 5.12. The molecule has 0 unspecified atom stereocenters. The predicted octanol–water partition coefficient (Wildman–Crippen LogP) is 1.94. The van der Waals surface area contributed by atoms with Crippen LogP contribution in [0.15, 0.2) is 18.2 Å². The summed E-state index contributed by atoms with van der Waals surface area (Å²) in [5, 5.41) is 3.82. The van der Waals surface area contributed by atoms with Gasteiger partial charge in [-0.3, -0.25) is 4.79 Å². The first-order valence-electron chi connectivity index (χ1n) is 4.94. The van der Waals surface area contributed by atoms with Crippen molar-refractivity contribution in [3.05, 3.63) is 34.3 Å². The van der Waals surface area contributed by atoms with E-state index in [4.69, 9.17) is 17.3 Å². The molecular weight excluding hydrogens is 212 g/mol. The van der Waals surface area contributed by atoms with Crippen LogP contribution in [0.3, 0.4) is 0 Å². The molecule has 0 saturated carbocycles. The monoisotopic (exact) mass is 226 g/mol. The Morgan fingerprint density at radius 2 is 2.27 bits per heavy atom. The highest BCUT2D eigenvalue weighted by atomic mass is 35.5. The van der Waals surface area contributed by atoms with Gasteiger partial charge in [-0.25, -0.2) is 0 Å². The maximum Gasteiger partial charge on any atom is 0.248 e. The maximum atomic E-state index is 10.9. The normalized spacial score (nSPS) is 10.3. The molecule has 0 saturated heterocycles. The zero-order valence-electron chi connectivity index (χ0n) is 8.72. The molecule has 1 aromatic carbocycles. The minimum atomic E-state index is -0.454. The lowest BCUT2D eigenvalue weighted by atomic mass is 10.1. The minimum Gasteiger partial charge on any atom is -0.366 e. The van der Waals surface area contributed by atoms with Gasteiger partial charge in [0.25, 0.3) is 0 Å². The van der Waals surface area contributed by atoms with Crippen molar-refractivity contribution in [2.24, 2.45) is 5.73 Å². The van der Waals surface area contributed by atoms with Crippen molar-refractivity contribution in [2.75, 3.05) is 6.54 Å². The fourth-order valence-corrected chi connectivity index (χ4v) is 1.49. The largest absolute Gasteiger partial charge is 0.366 e. The molecule has 0 aromatic heterocycles. The molecule has 0 aliphatic carbocycles. The molecule has 0 heterocycles. The van der Waals surface area contributed by atoms with Gasteiger partial charge >= 0.3 is 0 Å². The molecular formula is C11H15ClN2O. The van der Waals surface area contributed by atoms with E-state index in [-0.39, 0.29) is 0 Å². The van der Waals surface area contributed by atoms with E-state index in [0.717, 1.165) is 18.5 Å². The van der Waals surface area contributed by atoms with Gasteiger partial charge in [0.05, 0.1) is 0 Å². The number of amides is 1. The average Bonchev–Trinajstić information content (AvgIpc) is 2.20. The smallest absolute Gasteiger partial charge is 0.248 e. The predicted molar refractivity (Wildman–Crippen MR) is 62.0 cm³/mol. The van der Waals surface area contributed by atoms with E-state index in [2.05, 4.69) is 12.2 Å². The molecule has 15 heavy (non-hydrogen) atoms. The first kappa shape index (κ1) is 12.0. The van der Waals surface area contributed by atoms with Gasteiger partial charge in [0.2, 0.25) is 5.91 Å². The van der Waals surface area contributed by atoms with Crippen molar-refractivity contribution >= 4 is 17.5 Å². The number of primary amides is 1.